The van der Waals surface area contributed by atoms with E-state index < -0.39 is 5.97 Å². The van der Waals surface area contributed by atoms with Crippen LogP contribution in [-0.2, 0) is 0 Å². The molecular weight excluding hydrogens is 230 g/mol. The first-order valence-electron chi connectivity index (χ1n) is 6.31. The average Bonchev–Trinajstić information content (AvgIpc) is 2.38. The number of aliphatic hydroxyl groups is 1. The van der Waals surface area contributed by atoms with Gasteiger partial charge < -0.3 is 15.1 Å². The van der Waals surface area contributed by atoms with Gasteiger partial charge in [0.25, 0.3) is 0 Å². The molecule has 2 rings (SSSR count). The zero-order valence-corrected chi connectivity index (χ0v) is 10.6. The zero-order valence-electron chi connectivity index (χ0n) is 10.6. The number of carboxylic acid groups (broad SMARTS) is 1. The molecule has 1 fully saturated rings. The molecule has 1 heterocycles. The lowest BCUT2D eigenvalue weighted by molar-refractivity contribution is 0.0696. The molecule has 0 unspecified atom stereocenters. The zero-order chi connectivity index (χ0) is 13.1. The number of aryl methyl sites for hydroxylation is 1. The van der Waals surface area contributed by atoms with Crippen LogP contribution in [0, 0.1) is 12.8 Å². The summed E-state index contributed by atoms with van der Waals surface area (Å²) >= 11 is 0. The van der Waals surface area contributed by atoms with Gasteiger partial charge in [0.05, 0.1) is 5.56 Å². The fourth-order valence-electron chi connectivity index (χ4n) is 2.46. The van der Waals surface area contributed by atoms with Crippen molar-refractivity contribution in [1.82, 2.24) is 0 Å². The standard InChI is InChI=1S/C14H19NO3/c1-10-8-12(2-3-13(10)14(17)18)15-6-4-11(9-16)5-7-15/h2-3,8,11,16H,4-7,9H2,1H3,(H,17,18). The highest BCUT2D eigenvalue weighted by Gasteiger charge is 2.19. The molecule has 0 amide bonds. The largest absolute Gasteiger partial charge is 0.478 e. The lowest BCUT2D eigenvalue weighted by atomic mass is 9.97. The van der Waals surface area contributed by atoms with E-state index in [9.17, 15) is 4.79 Å². The van der Waals surface area contributed by atoms with Crippen molar-refractivity contribution in [3.05, 3.63) is 29.3 Å². The van der Waals surface area contributed by atoms with Crippen LogP contribution in [0.25, 0.3) is 0 Å². The van der Waals surface area contributed by atoms with E-state index in [-0.39, 0.29) is 6.61 Å². The van der Waals surface area contributed by atoms with Gasteiger partial charge in [-0.3, -0.25) is 0 Å². The molecule has 0 radical (unpaired) electrons. The van der Waals surface area contributed by atoms with Crippen LogP contribution in [0.15, 0.2) is 18.2 Å². The highest BCUT2D eigenvalue weighted by molar-refractivity contribution is 5.89. The van der Waals surface area contributed by atoms with Crippen molar-refractivity contribution in [3.8, 4) is 0 Å². The molecule has 4 nitrogen and oxygen atoms in total. The second kappa shape index (κ2) is 5.40. The van der Waals surface area contributed by atoms with E-state index in [2.05, 4.69) is 4.90 Å². The van der Waals surface area contributed by atoms with Gasteiger partial charge in [-0.1, -0.05) is 0 Å². The van der Waals surface area contributed by atoms with E-state index in [0.717, 1.165) is 37.2 Å². The first-order valence-corrected chi connectivity index (χ1v) is 6.31. The Hall–Kier alpha value is -1.55. The molecule has 1 aromatic rings. The summed E-state index contributed by atoms with van der Waals surface area (Å²) in [7, 11) is 0. The van der Waals surface area contributed by atoms with Crippen LogP contribution in [0.5, 0.6) is 0 Å². The van der Waals surface area contributed by atoms with E-state index >= 15 is 0 Å². The normalized spacial score (nSPS) is 16.9. The summed E-state index contributed by atoms with van der Waals surface area (Å²) < 4.78 is 0. The number of aromatic carboxylic acids is 1. The second-order valence-electron chi connectivity index (χ2n) is 4.92. The molecule has 4 heteroatoms. The summed E-state index contributed by atoms with van der Waals surface area (Å²) in [5.74, 6) is -0.460. The predicted octanol–water partition coefficient (Wildman–Crippen LogP) is 1.90. The number of carbonyl (C=O) groups is 1. The molecule has 1 aromatic carbocycles. The summed E-state index contributed by atoms with van der Waals surface area (Å²) in [4.78, 5) is 13.2. The van der Waals surface area contributed by atoms with Crippen LogP contribution >= 0.6 is 0 Å². The maximum atomic E-state index is 10.9. The molecule has 1 aliphatic rings. The summed E-state index contributed by atoms with van der Waals surface area (Å²) in [5.41, 5.74) is 2.24. The van der Waals surface area contributed by atoms with Gasteiger partial charge in [0.1, 0.15) is 0 Å². The summed E-state index contributed by atoms with van der Waals surface area (Å²) in [6.45, 7) is 3.95. The van der Waals surface area contributed by atoms with Gasteiger partial charge >= 0.3 is 5.97 Å². The van der Waals surface area contributed by atoms with Gasteiger partial charge in [0.2, 0.25) is 0 Å². The number of piperidine rings is 1. The third-order valence-corrected chi connectivity index (χ3v) is 3.68. The molecule has 0 aromatic heterocycles. The Morgan fingerprint density at radius 1 is 1.39 bits per heavy atom. The molecule has 1 aliphatic heterocycles. The van der Waals surface area contributed by atoms with E-state index in [1.807, 2.05) is 19.1 Å². The van der Waals surface area contributed by atoms with Crippen LogP contribution in [-0.4, -0.2) is 35.9 Å². The first-order chi connectivity index (χ1) is 8.61. The van der Waals surface area contributed by atoms with Crippen LogP contribution in [0.3, 0.4) is 0 Å². The van der Waals surface area contributed by atoms with Gasteiger partial charge in [-0.05, 0) is 49.4 Å². The number of rotatable bonds is 3. The van der Waals surface area contributed by atoms with Crippen LogP contribution < -0.4 is 4.90 Å². The second-order valence-corrected chi connectivity index (χ2v) is 4.92. The third-order valence-electron chi connectivity index (χ3n) is 3.68. The minimum absolute atomic E-state index is 0.269. The molecule has 98 valence electrons. The fourth-order valence-corrected chi connectivity index (χ4v) is 2.46. The molecule has 1 saturated heterocycles. The Labute approximate surface area is 107 Å². The number of hydrogen-bond acceptors (Lipinski definition) is 3. The van der Waals surface area contributed by atoms with Crippen molar-refractivity contribution in [2.45, 2.75) is 19.8 Å². The van der Waals surface area contributed by atoms with Gasteiger partial charge in [-0.2, -0.15) is 0 Å². The number of aliphatic hydroxyl groups excluding tert-OH is 1. The predicted molar refractivity (Wildman–Crippen MR) is 70.2 cm³/mol. The van der Waals surface area contributed by atoms with Gasteiger partial charge in [0.15, 0.2) is 0 Å². The summed E-state index contributed by atoms with van der Waals surface area (Å²) in [6, 6.07) is 5.48. The Bertz CT molecular complexity index is 437. The van der Waals surface area contributed by atoms with Gasteiger partial charge in [0, 0.05) is 25.4 Å². The summed E-state index contributed by atoms with van der Waals surface area (Å²) in [5, 5.41) is 18.1. The maximum Gasteiger partial charge on any atom is 0.335 e. The SMILES string of the molecule is Cc1cc(N2CCC(CO)CC2)ccc1C(=O)O. The van der Waals surface area contributed by atoms with Crippen molar-refractivity contribution in [1.29, 1.82) is 0 Å². The minimum Gasteiger partial charge on any atom is -0.478 e. The Balaban J connectivity index is 2.11. The Morgan fingerprint density at radius 3 is 2.56 bits per heavy atom. The summed E-state index contributed by atoms with van der Waals surface area (Å²) in [6.07, 6.45) is 1.99. The van der Waals surface area contributed by atoms with E-state index in [1.165, 1.54) is 0 Å². The first kappa shape index (κ1) is 12.9. The molecule has 18 heavy (non-hydrogen) atoms. The van der Waals surface area contributed by atoms with E-state index in [0.29, 0.717) is 11.5 Å². The lowest BCUT2D eigenvalue weighted by Gasteiger charge is -2.33. The van der Waals surface area contributed by atoms with Crippen molar-refractivity contribution in [2.24, 2.45) is 5.92 Å². The number of benzene rings is 1. The molecule has 0 spiro atoms. The van der Waals surface area contributed by atoms with Crippen LogP contribution in [0.1, 0.15) is 28.8 Å². The Morgan fingerprint density at radius 2 is 2.06 bits per heavy atom. The monoisotopic (exact) mass is 249 g/mol. The van der Waals surface area contributed by atoms with Crippen molar-refractivity contribution >= 4 is 11.7 Å². The Kier molecular flexibility index (Phi) is 3.87. The molecule has 0 atom stereocenters. The highest BCUT2D eigenvalue weighted by Crippen LogP contribution is 2.25. The molecule has 0 bridgehead atoms. The number of carboxylic acids is 1. The number of hydrogen-bond donors (Lipinski definition) is 2. The van der Waals surface area contributed by atoms with Crippen LogP contribution in [0.2, 0.25) is 0 Å². The van der Waals surface area contributed by atoms with E-state index in [4.69, 9.17) is 10.2 Å². The minimum atomic E-state index is -0.877. The topological polar surface area (TPSA) is 60.8 Å². The van der Waals surface area contributed by atoms with Gasteiger partial charge in [-0.15, -0.1) is 0 Å². The average molecular weight is 249 g/mol. The smallest absolute Gasteiger partial charge is 0.335 e. The van der Waals surface area contributed by atoms with Gasteiger partial charge in [-0.25, -0.2) is 4.79 Å². The number of anilines is 1. The van der Waals surface area contributed by atoms with Crippen molar-refractivity contribution < 1.29 is 15.0 Å². The van der Waals surface area contributed by atoms with E-state index in [1.54, 1.807) is 6.07 Å². The highest BCUT2D eigenvalue weighted by atomic mass is 16.4. The third kappa shape index (κ3) is 2.64. The quantitative estimate of drug-likeness (QED) is 0.859. The van der Waals surface area contributed by atoms with Crippen LogP contribution in [0.4, 0.5) is 5.69 Å². The molecular formula is C14H19NO3. The van der Waals surface area contributed by atoms with Crippen molar-refractivity contribution in [2.75, 3.05) is 24.6 Å². The maximum absolute atomic E-state index is 10.9. The molecule has 2 N–H and O–H groups in total. The van der Waals surface area contributed by atoms with Crippen molar-refractivity contribution in [3.63, 3.8) is 0 Å². The molecule has 0 saturated carbocycles. The molecule has 0 aliphatic carbocycles. The lowest BCUT2D eigenvalue weighted by Crippen LogP contribution is -2.34. The fraction of sp³-hybridized carbons (Fsp3) is 0.500. The number of nitrogens with zero attached hydrogens (tertiary/aromatic N) is 1.